The second-order valence-electron chi connectivity index (χ2n) is 8.88. The van der Waals surface area contributed by atoms with Gasteiger partial charge in [-0.2, -0.15) is 0 Å². The van der Waals surface area contributed by atoms with Crippen LogP contribution in [0.25, 0.3) is 11.8 Å². The molecule has 1 saturated heterocycles. The molecule has 0 bridgehead atoms. The third-order valence-corrected chi connectivity index (χ3v) is 7.73. The third kappa shape index (κ3) is 5.37. The zero-order valence-electron chi connectivity index (χ0n) is 20.8. The Morgan fingerprint density at radius 3 is 2.42 bits per heavy atom. The van der Waals surface area contributed by atoms with Gasteiger partial charge in [0.25, 0.3) is 5.91 Å². The number of halogens is 1. The van der Waals surface area contributed by atoms with Gasteiger partial charge in [0.15, 0.2) is 5.17 Å². The summed E-state index contributed by atoms with van der Waals surface area (Å²) in [6, 6.07) is 26.3. The lowest BCUT2D eigenvalue weighted by molar-refractivity contribution is -0.122. The molecule has 5 rings (SSSR count). The van der Waals surface area contributed by atoms with Gasteiger partial charge in [-0.15, -0.1) is 0 Å². The molecule has 0 radical (unpaired) electrons. The quantitative estimate of drug-likeness (QED) is 0.240. The molecule has 2 heterocycles. The molecular weight excluding hydrogens is 562 g/mol. The zero-order chi connectivity index (χ0) is 26.8. The number of carbonyl (C=O) groups excluding carboxylic acids is 1. The number of aryl methyl sites for hydroxylation is 1. The van der Waals surface area contributed by atoms with Crippen LogP contribution in [0.5, 0.6) is 0 Å². The molecule has 0 saturated carbocycles. The molecule has 1 N–H and O–H groups in total. The fourth-order valence-electron chi connectivity index (χ4n) is 4.37. The van der Waals surface area contributed by atoms with Crippen LogP contribution >= 0.6 is 27.7 Å². The summed E-state index contributed by atoms with van der Waals surface area (Å²) in [6.45, 7) is 4.38. The van der Waals surface area contributed by atoms with Crippen LogP contribution < -0.4 is 0 Å². The smallest absolute Gasteiger partial charge is 0.335 e. The van der Waals surface area contributed by atoms with E-state index in [4.69, 9.17) is 4.99 Å². The number of carboxylic acid groups (broad SMARTS) is 1. The number of thioether (sulfide) groups is 1. The van der Waals surface area contributed by atoms with E-state index in [1.54, 1.807) is 29.2 Å². The molecule has 1 aliphatic heterocycles. The zero-order valence-corrected chi connectivity index (χ0v) is 23.2. The van der Waals surface area contributed by atoms with Crippen LogP contribution in [0, 0.1) is 13.8 Å². The van der Waals surface area contributed by atoms with Crippen molar-refractivity contribution >= 4 is 56.5 Å². The Morgan fingerprint density at radius 1 is 1.00 bits per heavy atom. The number of aromatic nitrogens is 1. The first-order valence-corrected chi connectivity index (χ1v) is 13.5. The van der Waals surface area contributed by atoms with Crippen LogP contribution in [0.15, 0.2) is 99.3 Å². The van der Waals surface area contributed by atoms with Gasteiger partial charge in [0, 0.05) is 21.5 Å². The Labute approximate surface area is 233 Å². The predicted octanol–water partition coefficient (Wildman–Crippen LogP) is 7.36. The van der Waals surface area contributed by atoms with Gasteiger partial charge in [-0.05, 0) is 91.3 Å². The largest absolute Gasteiger partial charge is 0.478 e. The Balaban J connectivity index is 1.51. The van der Waals surface area contributed by atoms with E-state index in [0.29, 0.717) is 10.1 Å². The highest BCUT2D eigenvalue weighted by Gasteiger charge is 2.34. The van der Waals surface area contributed by atoms with Gasteiger partial charge < -0.3 is 9.67 Å². The van der Waals surface area contributed by atoms with Crippen molar-refractivity contribution in [1.82, 2.24) is 9.47 Å². The maximum Gasteiger partial charge on any atom is 0.335 e. The minimum Gasteiger partial charge on any atom is -0.478 e. The summed E-state index contributed by atoms with van der Waals surface area (Å²) in [5.41, 5.74) is 5.88. The van der Waals surface area contributed by atoms with E-state index < -0.39 is 5.97 Å². The van der Waals surface area contributed by atoms with Gasteiger partial charge in [-0.25, -0.2) is 9.79 Å². The van der Waals surface area contributed by atoms with E-state index in [-0.39, 0.29) is 18.0 Å². The van der Waals surface area contributed by atoms with Crippen LogP contribution in [-0.4, -0.2) is 31.6 Å². The predicted molar refractivity (Wildman–Crippen MR) is 156 cm³/mol. The first-order chi connectivity index (χ1) is 18.3. The van der Waals surface area contributed by atoms with Crippen LogP contribution in [0.2, 0.25) is 0 Å². The van der Waals surface area contributed by atoms with Gasteiger partial charge in [0.2, 0.25) is 0 Å². The standard InChI is InChI=1S/C30H24BrN3O3S/c1-19-15-23(20(2)34(19)26-10-6-7-24(31)17-26)16-27-28(35)33(18-21-11-13-22(14-12-21)29(36)37)30(38-27)32-25-8-4-3-5-9-25/h3-17H,18H2,1-2H3,(H,36,37)/b27-16-,32-30?. The van der Waals surface area contributed by atoms with Crippen molar-refractivity contribution in [3.63, 3.8) is 0 Å². The fourth-order valence-corrected chi connectivity index (χ4v) is 5.74. The molecule has 190 valence electrons. The van der Waals surface area contributed by atoms with E-state index in [0.717, 1.165) is 38.4 Å². The Bertz CT molecular complexity index is 1590. The molecule has 3 aromatic carbocycles. The molecule has 6 nitrogen and oxygen atoms in total. The maximum atomic E-state index is 13.7. The summed E-state index contributed by atoms with van der Waals surface area (Å²) in [7, 11) is 0. The Morgan fingerprint density at radius 2 is 1.74 bits per heavy atom. The van der Waals surface area contributed by atoms with Gasteiger partial charge >= 0.3 is 5.97 Å². The number of benzene rings is 3. The van der Waals surface area contributed by atoms with Gasteiger partial charge in [-0.3, -0.25) is 9.69 Å². The van der Waals surface area contributed by atoms with Crippen LogP contribution in [0.1, 0.15) is 32.9 Å². The van der Waals surface area contributed by atoms with Crippen molar-refractivity contribution in [2.75, 3.05) is 0 Å². The second-order valence-corrected chi connectivity index (χ2v) is 10.8. The number of rotatable bonds is 6. The molecule has 8 heteroatoms. The average Bonchev–Trinajstić information content (AvgIpc) is 3.34. The van der Waals surface area contributed by atoms with Crippen molar-refractivity contribution in [2.45, 2.75) is 20.4 Å². The summed E-state index contributed by atoms with van der Waals surface area (Å²) in [5.74, 6) is -1.12. The number of carbonyl (C=O) groups is 2. The lowest BCUT2D eigenvalue weighted by atomic mass is 10.1. The molecular formula is C30H24BrN3O3S. The van der Waals surface area contributed by atoms with E-state index in [2.05, 4.69) is 45.6 Å². The number of carboxylic acids is 1. The van der Waals surface area contributed by atoms with Crippen molar-refractivity contribution < 1.29 is 14.7 Å². The Hall–Kier alpha value is -3.88. The molecule has 38 heavy (non-hydrogen) atoms. The lowest BCUT2D eigenvalue weighted by Gasteiger charge is -2.16. The number of nitrogens with zero attached hydrogens (tertiary/aromatic N) is 3. The first-order valence-electron chi connectivity index (χ1n) is 11.9. The highest BCUT2D eigenvalue weighted by molar-refractivity contribution is 9.10. The highest BCUT2D eigenvalue weighted by atomic mass is 79.9. The normalized spacial score (nSPS) is 15.6. The molecule has 4 aromatic rings. The van der Waals surface area contributed by atoms with Crippen molar-refractivity contribution in [1.29, 1.82) is 0 Å². The number of aromatic carboxylic acids is 1. The maximum absolute atomic E-state index is 13.7. The number of amides is 1. The third-order valence-electron chi connectivity index (χ3n) is 6.23. The highest BCUT2D eigenvalue weighted by Crippen LogP contribution is 2.36. The van der Waals surface area contributed by atoms with E-state index >= 15 is 0 Å². The van der Waals surface area contributed by atoms with Crippen molar-refractivity contribution in [3.8, 4) is 5.69 Å². The average molecular weight is 587 g/mol. The molecule has 0 atom stereocenters. The summed E-state index contributed by atoms with van der Waals surface area (Å²) < 4.78 is 3.17. The number of hydrogen-bond donors (Lipinski definition) is 1. The summed E-state index contributed by atoms with van der Waals surface area (Å²) >= 11 is 4.89. The fraction of sp³-hybridized carbons (Fsp3) is 0.100. The number of hydrogen-bond acceptors (Lipinski definition) is 4. The SMILES string of the molecule is Cc1cc(/C=C2\SC(=Nc3ccccc3)N(Cc3ccc(C(=O)O)cc3)C2=O)c(C)n1-c1cccc(Br)c1. The monoisotopic (exact) mass is 585 g/mol. The molecule has 0 spiro atoms. The number of aliphatic imine (C=N–C) groups is 1. The van der Waals surface area contributed by atoms with E-state index in [9.17, 15) is 14.7 Å². The molecule has 0 aliphatic carbocycles. The summed E-state index contributed by atoms with van der Waals surface area (Å²) in [4.78, 5) is 31.9. The number of para-hydroxylation sites is 1. The van der Waals surface area contributed by atoms with Crippen LogP contribution in [0.3, 0.4) is 0 Å². The Kier molecular flexibility index (Phi) is 7.35. The molecule has 0 unspecified atom stereocenters. The van der Waals surface area contributed by atoms with Gasteiger partial charge in [-0.1, -0.05) is 52.3 Å². The van der Waals surface area contributed by atoms with Crippen molar-refractivity contribution in [3.05, 3.63) is 122 Å². The van der Waals surface area contributed by atoms with E-state index in [1.165, 1.54) is 11.8 Å². The van der Waals surface area contributed by atoms with Gasteiger partial charge in [0.05, 0.1) is 22.7 Å². The summed E-state index contributed by atoms with van der Waals surface area (Å²) in [5, 5.41) is 9.79. The topological polar surface area (TPSA) is 74.9 Å². The van der Waals surface area contributed by atoms with Crippen molar-refractivity contribution in [2.24, 2.45) is 4.99 Å². The second kappa shape index (κ2) is 10.8. The minimum absolute atomic E-state index is 0.140. The molecule has 1 fully saturated rings. The van der Waals surface area contributed by atoms with Gasteiger partial charge in [0.1, 0.15) is 0 Å². The minimum atomic E-state index is -0.985. The molecule has 1 aliphatic rings. The van der Waals surface area contributed by atoms with E-state index in [1.807, 2.05) is 55.5 Å². The lowest BCUT2D eigenvalue weighted by Crippen LogP contribution is -2.28. The molecule has 1 amide bonds. The van der Waals surface area contributed by atoms with Crippen LogP contribution in [-0.2, 0) is 11.3 Å². The first kappa shape index (κ1) is 25.8. The molecule has 1 aromatic heterocycles. The summed E-state index contributed by atoms with van der Waals surface area (Å²) in [6.07, 6.45) is 1.93. The van der Waals surface area contributed by atoms with Crippen LogP contribution in [0.4, 0.5) is 5.69 Å². The number of amidine groups is 1.